The van der Waals surface area contributed by atoms with E-state index in [1.165, 1.54) is 22.7 Å². The van der Waals surface area contributed by atoms with Crippen molar-refractivity contribution in [2.24, 2.45) is 0 Å². The first-order valence-electron chi connectivity index (χ1n) is 6.74. The van der Waals surface area contributed by atoms with Gasteiger partial charge in [0.1, 0.15) is 12.4 Å². The highest BCUT2D eigenvalue weighted by atomic mass is 32.2. The largest absolute Gasteiger partial charge is 0.492 e. The minimum Gasteiger partial charge on any atom is -0.492 e. The third kappa shape index (κ3) is 5.28. The molecule has 0 radical (unpaired) electrons. The molecule has 0 fully saturated rings. The summed E-state index contributed by atoms with van der Waals surface area (Å²) >= 11 is 0. The summed E-state index contributed by atoms with van der Waals surface area (Å²) in [5.41, 5.74) is 1.02. The topological polar surface area (TPSA) is 59.1 Å². The lowest BCUT2D eigenvalue weighted by atomic mass is 10.2. The van der Waals surface area contributed by atoms with E-state index < -0.39 is 10.2 Å². The van der Waals surface area contributed by atoms with Crippen LogP contribution in [0, 0.1) is 6.92 Å². The highest BCUT2D eigenvalue weighted by Crippen LogP contribution is 2.16. The fourth-order valence-electron chi connectivity index (χ4n) is 1.74. The van der Waals surface area contributed by atoms with E-state index in [1.54, 1.807) is 7.11 Å². The molecule has 0 aliphatic carbocycles. The van der Waals surface area contributed by atoms with Gasteiger partial charge in [0.25, 0.3) is 10.2 Å². The zero-order chi connectivity index (χ0) is 15.9. The molecule has 21 heavy (non-hydrogen) atoms. The van der Waals surface area contributed by atoms with Gasteiger partial charge in [-0.2, -0.15) is 17.0 Å². The van der Waals surface area contributed by atoms with Crippen LogP contribution in [-0.4, -0.2) is 64.5 Å². The second-order valence-corrected chi connectivity index (χ2v) is 6.94. The molecule has 0 spiro atoms. The van der Waals surface area contributed by atoms with E-state index >= 15 is 0 Å². The van der Waals surface area contributed by atoms with Gasteiger partial charge in [-0.25, -0.2) is 0 Å². The molecule has 0 heterocycles. The normalized spacial score (nSPS) is 12.1. The highest BCUT2D eigenvalue weighted by Gasteiger charge is 2.23. The predicted octanol–water partition coefficient (Wildman–Crippen LogP) is 1.13. The van der Waals surface area contributed by atoms with Gasteiger partial charge in [0.2, 0.25) is 0 Å². The number of rotatable bonds is 9. The summed E-state index contributed by atoms with van der Waals surface area (Å²) in [5.74, 6) is 0.770. The van der Waals surface area contributed by atoms with Gasteiger partial charge >= 0.3 is 0 Å². The van der Waals surface area contributed by atoms with Gasteiger partial charge in [0, 0.05) is 34.3 Å². The number of para-hydroxylation sites is 1. The van der Waals surface area contributed by atoms with Crippen LogP contribution < -0.4 is 4.74 Å². The minimum absolute atomic E-state index is 0.276. The Morgan fingerprint density at radius 1 is 1.10 bits per heavy atom. The first-order chi connectivity index (χ1) is 9.89. The van der Waals surface area contributed by atoms with Crippen LogP contribution in [-0.2, 0) is 14.9 Å². The lowest BCUT2D eigenvalue weighted by Crippen LogP contribution is -2.43. The molecule has 0 aliphatic heterocycles. The Bertz CT molecular complexity index is 532. The van der Waals surface area contributed by atoms with E-state index in [0.29, 0.717) is 19.8 Å². The van der Waals surface area contributed by atoms with Crippen LogP contribution in [0.4, 0.5) is 0 Å². The molecule has 0 amide bonds. The van der Waals surface area contributed by atoms with E-state index in [0.717, 1.165) is 11.3 Å². The first-order valence-corrected chi connectivity index (χ1v) is 8.14. The van der Waals surface area contributed by atoms with Crippen molar-refractivity contribution in [1.82, 2.24) is 8.61 Å². The van der Waals surface area contributed by atoms with E-state index in [-0.39, 0.29) is 6.54 Å². The van der Waals surface area contributed by atoms with Crippen molar-refractivity contribution in [1.29, 1.82) is 0 Å². The van der Waals surface area contributed by atoms with Crippen molar-refractivity contribution in [2.45, 2.75) is 6.92 Å². The summed E-state index contributed by atoms with van der Waals surface area (Å²) in [7, 11) is 1.10. The standard InChI is InChI=1S/C14H24N2O4S/c1-13-7-5-6-8-14(13)20-12-10-16(9-11-19-4)21(17,18)15(2)3/h5-8H,9-12H2,1-4H3. The van der Waals surface area contributed by atoms with Crippen molar-refractivity contribution in [3.8, 4) is 5.75 Å². The molecule has 1 rings (SSSR count). The van der Waals surface area contributed by atoms with E-state index in [1.807, 2.05) is 31.2 Å². The van der Waals surface area contributed by atoms with Gasteiger partial charge in [-0.15, -0.1) is 0 Å². The van der Waals surface area contributed by atoms with Crippen molar-refractivity contribution >= 4 is 10.2 Å². The van der Waals surface area contributed by atoms with Crippen LogP contribution in [0.15, 0.2) is 24.3 Å². The molecule has 7 heteroatoms. The van der Waals surface area contributed by atoms with Crippen LogP contribution in [0.1, 0.15) is 5.56 Å². The second kappa shape index (κ2) is 8.33. The van der Waals surface area contributed by atoms with Gasteiger partial charge in [-0.3, -0.25) is 0 Å². The lowest BCUT2D eigenvalue weighted by Gasteiger charge is -2.25. The van der Waals surface area contributed by atoms with E-state index in [4.69, 9.17) is 9.47 Å². The van der Waals surface area contributed by atoms with Crippen LogP contribution >= 0.6 is 0 Å². The Balaban J connectivity index is 2.64. The summed E-state index contributed by atoms with van der Waals surface area (Å²) in [6, 6.07) is 7.65. The summed E-state index contributed by atoms with van der Waals surface area (Å²) in [6.45, 7) is 3.17. The average molecular weight is 316 g/mol. The fraction of sp³-hybridized carbons (Fsp3) is 0.571. The summed E-state index contributed by atoms with van der Waals surface area (Å²) < 4.78 is 37.5. The van der Waals surface area contributed by atoms with Crippen molar-refractivity contribution in [3.05, 3.63) is 29.8 Å². The smallest absolute Gasteiger partial charge is 0.281 e. The zero-order valence-electron chi connectivity index (χ0n) is 13.1. The van der Waals surface area contributed by atoms with E-state index in [9.17, 15) is 8.42 Å². The molecule has 6 nitrogen and oxygen atoms in total. The zero-order valence-corrected chi connectivity index (χ0v) is 13.9. The third-order valence-corrected chi connectivity index (χ3v) is 4.96. The number of ether oxygens (including phenoxy) is 2. The maximum Gasteiger partial charge on any atom is 0.281 e. The van der Waals surface area contributed by atoms with Gasteiger partial charge in [-0.1, -0.05) is 18.2 Å². The first kappa shape index (κ1) is 17.9. The van der Waals surface area contributed by atoms with Gasteiger partial charge < -0.3 is 9.47 Å². The molecule has 0 bridgehead atoms. The molecule has 1 aromatic carbocycles. The van der Waals surface area contributed by atoms with Crippen molar-refractivity contribution in [3.63, 3.8) is 0 Å². The number of nitrogens with zero attached hydrogens (tertiary/aromatic N) is 2. The van der Waals surface area contributed by atoms with Gasteiger partial charge in [0.15, 0.2) is 0 Å². The molecule has 1 aromatic rings. The quantitative estimate of drug-likeness (QED) is 0.685. The van der Waals surface area contributed by atoms with E-state index in [2.05, 4.69) is 0 Å². The lowest BCUT2D eigenvalue weighted by molar-refractivity contribution is 0.169. The van der Waals surface area contributed by atoms with Crippen LogP contribution in [0.3, 0.4) is 0 Å². The average Bonchev–Trinajstić information content (AvgIpc) is 2.44. The molecule has 0 unspecified atom stereocenters. The number of aryl methyl sites for hydroxylation is 1. The highest BCUT2D eigenvalue weighted by molar-refractivity contribution is 7.86. The Kier molecular flexibility index (Phi) is 7.10. The number of benzene rings is 1. The maximum atomic E-state index is 12.2. The fourth-order valence-corrected chi connectivity index (χ4v) is 2.81. The molecule has 120 valence electrons. The van der Waals surface area contributed by atoms with Gasteiger partial charge in [0.05, 0.1) is 6.61 Å². The molecule has 0 N–H and O–H groups in total. The predicted molar refractivity (Wildman–Crippen MR) is 82.7 cm³/mol. The Hall–Kier alpha value is -1.15. The third-order valence-electron chi connectivity index (χ3n) is 3.02. The molecule has 0 aromatic heterocycles. The second-order valence-electron chi connectivity index (χ2n) is 4.80. The number of hydrogen-bond acceptors (Lipinski definition) is 4. The Morgan fingerprint density at radius 2 is 1.71 bits per heavy atom. The summed E-state index contributed by atoms with van der Waals surface area (Å²) in [6.07, 6.45) is 0. The molecular formula is C14H24N2O4S. The van der Waals surface area contributed by atoms with Gasteiger partial charge in [-0.05, 0) is 18.6 Å². The Morgan fingerprint density at radius 3 is 2.29 bits per heavy atom. The van der Waals surface area contributed by atoms with Crippen molar-refractivity contribution < 1.29 is 17.9 Å². The molecular weight excluding hydrogens is 292 g/mol. The summed E-state index contributed by atoms with van der Waals surface area (Å²) in [4.78, 5) is 0. The maximum absolute atomic E-state index is 12.2. The van der Waals surface area contributed by atoms with Crippen LogP contribution in [0.25, 0.3) is 0 Å². The molecule has 0 saturated carbocycles. The molecule has 0 atom stereocenters. The SMILES string of the molecule is COCCN(CCOc1ccccc1C)S(=O)(=O)N(C)C. The molecule has 0 aliphatic rings. The van der Waals surface area contributed by atoms with Crippen LogP contribution in [0.2, 0.25) is 0 Å². The minimum atomic E-state index is -3.47. The molecule has 0 saturated heterocycles. The Labute approximate surface area is 127 Å². The summed E-state index contributed by atoms with van der Waals surface area (Å²) in [5, 5.41) is 0. The monoisotopic (exact) mass is 316 g/mol. The van der Waals surface area contributed by atoms with Crippen LogP contribution in [0.5, 0.6) is 5.75 Å². The number of hydrogen-bond donors (Lipinski definition) is 0. The number of methoxy groups -OCH3 is 1. The van der Waals surface area contributed by atoms with Crippen molar-refractivity contribution in [2.75, 3.05) is 47.5 Å².